The van der Waals surface area contributed by atoms with E-state index in [1.165, 1.54) is 5.56 Å². The standard InChI is InChI=1S/C14H15N5S2/c15-6-13-17-18-14(21-9-12-8-20-10-16-12)19(13)7-11-4-2-1-3-5-11/h1-5,8,10H,6-7,9,15H2. The van der Waals surface area contributed by atoms with E-state index in [1.807, 2.05) is 23.7 Å². The predicted octanol–water partition coefficient (Wildman–Crippen LogP) is 2.53. The lowest BCUT2D eigenvalue weighted by Gasteiger charge is -2.09. The number of thiazole rings is 1. The summed E-state index contributed by atoms with van der Waals surface area (Å²) in [5, 5.41) is 11.4. The van der Waals surface area contributed by atoms with Gasteiger partial charge in [-0.25, -0.2) is 4.98 Å². The second kappa shape index (κ2) is 6.84. The van der Waals surface area contributed by atoms with Gasteiger partial charge in [-0.2, -0.15) is 0 Å². The van der Waals surface area contributed by atoms with Crippen LogP contribution in [0.2, 0.25) is 0 Å². The lowest BCUT2D eigenvalue weighted by atomic mass is 10.2. The van der Waals surface area contributed by atoms with Crippen molar-refractivity contribution < 1.29 is 0 Å². The number of nitrogens with two attached hydrogens (primary N) is 1. The van der Waals surface area contributed by atoms with Gasteiger partial charge >= 0.3 is 0 Å². The Kier molecular flexibility index (Phi) is 4.64. The topological polar surface area (TPSA) is 69.6 Å². The summed E-state index contributed by atoms with van der Waals surface area (Å²) in [5.41, 5.74) is 9.88. The maximum absolute atomic E-state index is 5.77. The molecule has 0 spiro atoms. The second-order valence-corrected chi connectivity index (χ2v) is 6.10. The molecule has 108 valence electrons. The zero-order chi connectivity index (χ0) is 14.5. The molecule has 21 heavy (non-hydrogen) atoms. The molecule has 0 aliphatic rings. The predicted molar refractivity (Wildman–Crippen MR) is 85.1 cm³/mol. The molecule has 2 N–H and O–H groups in total. The summed E-state index contributed by atoms with van der Waals surface area (Å²) in [4.78, 5) is 4.29. The molecule has 3 aromatic rings. The molecule has 0 unspecified atom stereocenters. The van der Waals surface area contributed by atoms with Gasteiger partial charge in [-0.05, 0) is 5.56 Å². The van der Waals surface area contributed by atoms with E-state index in [9.17, 15) is 0 Å². The Labute approximate surface area is 131 Å². The minimum atomic E-state index is 0.386. The first-order valence-corrected chi connectivity index (χ1v) is 8.45. The molecule has 2 aromatic heterocycles. The molecule has 0 radical (unpaired) electrons. The summed E-state index contributed by atoms with van der Waals surface area (Å²) < 4.78 is 2.08. The fourth-order valence-electron chi connectivity index (χ4n) is 1.95. The first-order valence-electron chi connectivity index (χ1n) is 6.52. The Hall–Kier alpha value is -1.70. The van der Waals surface area contributed by atoms with E-state index >= 15 is 0 Å². The fraction of sp³-hybridized carbons (Fsp3) is 0.214. The van der Waals surface area contributed by atoms with Crippen LogP contribution in [0.1, 0.15) is 17.1 Å². The van der Waals surface area contributed by atoms with E-state index < -0.39 is 0 Å². The minimum absolute atomic E-state index is 0.386. The number of hydrogen-bond acceptors (Lipinski definition) is 6. The zero-order valence-electron chi connectivity index (χ0n) is 11.3. The van der Waals surface area contributed by atoms with Gasteiger partial charge in [-0.1, -0.05) is 42.1 Å². The molecule has 7 heteroatoms. The van der Waals surface area contributed by atoms with Crippen LogP contribution in [-0.4, -0.2) is 19.7 Å². The Morgan fingerprint density at radius 2 is 2.05 bits per heavy atom. The number of hydrogen-bond donors (Lipinski definition) is 1. The number of aromatic nitrogens is 4. The van der Waals surface area contributed by atoms with Gasteiger partial charge in [-0.3, -0.25) is 0 Å². The molecular weight excluding hydrogens is 302 g/mol. The van der Waals surface area contributed by atoms with Crippen molar-refractivity contribution in [2.75, 3.05) is 0 Å². The molecule has 2 heterocycles. The number of benzene rings is 1. The van der Waals surface area contributed by atoms with Crippen LogP contribution < -0.4 is 5.73 Å². The summed E-state index contributed by atoms with van der Waals surface area (Å²) in [6, 6.07) is 10.3. The number of nitrogens with zero attached hydrogens (tertiary/aromatic N) is 4. The lowest BCUT2D eigenvalue weighted by Crippen LogP contribution is -2.10. The largest absolute Gasteiger partial charge is 0.324 e. The maximum atomic E-state index is 5.77. The fourth-order valence-corrected chi connectivity index (χ4v) is 3.47. The number of thioether (sulfide) groups is 1. The van der Waals surface area contributed by atoms with Crippen LogP contribution in [0.3, 0.4) is 0 Å². The summed E-state index contributed by atoms with van der Waals surface area (Å²) in [6.45, 7) is 1.12. The molecule has 0 saturated carbocycles. The SMILES string of the molecule is NCc1nnc(SCc2cscn2)n1Cc1ccccc1. The van der Waals surface area contributed by atoms with Gasteiger partial charge in [0.15, 0.2) is 5.16 Å². The summed E-state index contributed by atoms with van der Waals surface area (Å²) in [7, 11) is 0. The second-order valence-electron chi connectivity index (χ2n) is 4.44. The van der Waals surface area contributed by atoms with Crippen LogP contribution in [0.15, 0.2) is 46.4 Å². The molecular formula is C14H15N5S2. The molecule has 1 aromatic carbocycles. The van der Waals surface area contributed by atoms with Gasteiger partial charge in [0.1, 0.15) is 5.82 Å². The molecule has 3 rings (SSSR count). The van der Waals surface area contributed by atoms with Crippen LogP contribution in [-0.2, 0) is 18.8 Å². The number of rotatable bonds is 6. The smallest absolute Gasteiger partial charge is 0.191 e. The molecule has 0 bridgehead atoms. The third-order valence-electron chi connectivity index (χ3n) is 2.99. The van der Waals surface area contributed by atoms with Gasteiger partial charge in [0.2, 0.25) is 0 Å². The van der Waals surface area contributed by atoms with Crippen LogP contribution >= 0.6 is 23.1 Å². The summed E-state index contributed by atoms with van der Waals surface area (Å²) in [5.74, 6) is 1.60. The maximum Gasteiger partial charge on any atom is 0.191 e. The van der Waals surface area contributed by atoms with Crippen LogP contribution in [0, 0.1) is 0 Å². The van der Waals surface area contributed by atoms with Gasteiger partial charge in [0, 0.05) is 11.1 Å². The van der Waals surface area contributed by atoms with E-state index in [1.54, 1.807) is 23.1 Å². The van der Waals surface area contributed by atoms with Gasteiger partial charge in [-0.15, -0.1) is 21.5 Å². The highest BCUT2D eigenvalue weighted by Gasteiger charge is 2.12. The molecule has 0 amide bonds. The van der Waals surface area contributed by atoms with Crippen LogP contribution in [0.4, 0.5) is 0 Å². The van der Waals surface area contributed by atoms with Crippen molar-refractivity contribution in [3.8, 4) is 0 Å². The molecule has 0 aliphatic carbocycles. The molecule has 5 nitrogen and oxygen atoms in total. The molecule has 0 saturated heterocycles. The quantitative estimate of drug-likeness (QED) is 0.708. The Morgan fingerprint density at radius 3 is 2.76 bits per heavy atom. The Morgan fingerprint density at radius 1 is 1.19 bits per heavy atom. The van der Waals surface area contributed by atoms with Gasteiger partial charge in [0.05, 0.1) is 24.3 Å². The zero-order valence-corrected chi connectivity index (χ0v) is 13.0. The van der Waals surface area contributed by atoms with Crippen molar-refractivity contribution in [2.24, 2.45) is 5.73 Å². The van der Waals surface area contributed by atoms with Crippen molar-refractivity contribution >= 4 is 23.1 Å². The van der Waals surface area contributed by atoms with Crippen LogP contribution in [0.25, 0.3) is 0 Å². The minimum Gasteiger partial charge on any atom is -0.324 e. The monoisotopic (exact) mass is 317 g/mol. The van der Waals surface area contributed by atoms with Crippen molar-refractivity contribution in [3.63, 3.8) is 0 Å². The normalized spacial score (nSPS) is 10.9. The highest BCUT2D eigenvalue weighted by Crippen LogP contribution is 2.22. The van der Waals surface area contributed by atoms with E-state index in [2.05, 4.69) is 37.3 Å². The third-order valence-corrected chi connectivity index (χ3v) is 4.63. The van der Waals surface area contributed by atoms with E-state index in [0.29, 0.717) is 6.54 Å². The van der Waals surface area contributed by atoms with Gasteiger partial charge < -0.3 is 10.3 Å². The molecule has 0 aliphatic heterocycles. The summed E-state index contributed by atoms with van der Waals surface area (Å²) in [6.07, 6.45) is 0. The Bertz CT molecular complexity index is 679. The average Bonchev–Trinajstić information content (AvgIpc) is 3.16. The third kappa shape index (κ3) is 3.49. The van der Waals surface area contributed by atoms with Crippen molar-refractivity contribution in [2.45, 2.75) is 24.0 Å². The first-order chi connectivity index (χ1) is 10.4. The lowest BCUT2D eigenvalue weighted by molar-refractivity contribution is 0.666. The highest BCUT2D eigenvalue weighted by atomic mass is 32.2. The molecule has 0 fully saturated rings. The average molecular weight is 317 g/mol. The summed E-state index contributed by atoms with van der Waals surface area (Å²) >= 11 is 3.24. The highest BCUT2D eigenvalue weighted by molar-refractivity contribution is 7.98. The van der Waals surface area contributed by atoms with E-state index in [-0.39, 0.29) is 0 Å². The van der Waals surface area contributed by atoms with Crippen molar-refractivity contribution in [3.05, 3.63) is 58.3 Å². The van der Waals surface area contributed by atoms with E-state index in [4.69, 9.17) is 5.73 Å². The van der Waals surface area contributed by atoms with Gasteiger partial charge in [0.25, 0.3) is 0 Å². The first kappa shape index (κ1) is 14.2. The Balaban J connectivity index is 1.79. The van der Waals surface area contributed by atoms with Crippen molar-refractivity contribution in [1.29, 1.82) is 0 Å². The molecule has 0 atom stereocenters. The van der Waals surface area contributed by atoms with E-state index in [0.717, 1.165) is 29.0 Å². The van der Waals surface area contributed by atoms with Crippen molar-refractivity contribution in [1.82, 2.24) is 19.7 Å². The van der Waals surface area contributed by atoms with Crippen LogP contribution in [0.5, 0.6) is 0 Å².